The molecule has 0 bridgehead atoms. The van der Waals surface area contributed by atoms with E-state index in [0.717, 1.165) is 16.2 Å². The lowest BCUT2D eigenvalue weighted by Gasteiger charge is -2.08. The molecule has 18 heavy (non-hydrogen) atoms. The van der Waals surface area contributed by atoms with Crippen molar-refractivity contribution in [2.24, 2.45) is 5.73 Å². The summed E-state index contributed by atoms with van der Waals surface area (Å²) >= 11 is 1.73. The predicted molar refractivity (Wildman–Crippen MR) is 70.3 cm³/mol. The van der Waals surface area contributed by atoms with E-state index in [9.17, 15) is 9.59 Å². The highest BCUT2D eigenvalue weighted by Gasteiger charge is 2.20. The van der Waals surface area contributed by atoms with Gasteiger partial charge in [-0.1, -0.05) is 19.1 Å². The van der Waals surface area contributed by atoms with Crippen LogP contribution < -0.4 is 11.1 Å². The molecule has 0 aliphatic rings. The van der Waals surface area contributed by atoms with Crippen molar-refractivity contribution in [2.45, 2.75) is 24.4 Å². The Morgan fingerprint density at radius 3 is 2.50 bits per heavy atom. The van der Waals surface area contributed by atoms with Gasteiger partial charge in [-0.15, -0.1) is 11.8 Å². The van der Waals surface area contributed by atoms with Crippen molar-refractivity contribution >= 4 is 23.6 Å². The molecule has 0 heterocycles. The maximum Gasteiger partial charge on any atom is 0.330 e. The summed E-state index contributed by atoms with van der Waals surface area (Å²) in [5.41, 5.74) is 6.08. The lowest BCUT2D eigenvalue weighted by Crippen LogP contribution is -2.45. The molecule has 6 heteroatoms. The third-order valence-electron chi connectivity index (χ3n) is 2.25. The Bertz CT molecular complexity index is 420. The van der Waals surface area contributed by atoms with Crippen molar-refractivity contribution in [2.75, 3.05) is 5.75 Å². The maximum atomic E-state index is 11.3. The van der Waals surface area contributed by atoms with E-state index in [1.54, 1.807) is 11.8 Å². The Morgan fingerprint density at radius 2 is 2.00 bits per heavy atom. The van der Waals surface area contributed by atoms with E-state index in [2.05, 4.69) is 12.2 Å². The first kappa shape index (κ1) is 14.5. The highest BCUT2D eigenvalue weighted by Crippen LogP contribution is 2.17. The topological polar surface area (TPSA) is 92.4 Å². The molecule has 4 N–H and O–H groups in total. The second-order valence-electron chi connectivity index (χ2n) is 3.61. The largest absolute Gasteiger partial charge is 0.480 e. The van der Waals surface area contributed by atoms with Gasteiger partial charge in [0.05, 0.1) is 0 Å². The van der Waals surface area contributed by atoms with Crippen LogP contribution in [0, 0.1) is 0 Å². The fraction of sp³-hybridized carbons (Fsp3) is 0.333. The van der Waals surface area contributed by atoms with E-state index in [1.165, 1.54) is 0 Å². The second kappa shape index (κ2) is 7.03. The van der Waals surface area contributed by atoms with Gasteiger partial charge in [0.25, 0.3) is 0 Å². The fourth-order valence-electron chi connectivity index (χ4n) is 1.28. The number of carboxylic acids is 1. The molecule has 0 saturated heterocycles. The molecule has 0 spiro atoms. The fourth-order valence-corrected chi connectivity index (χ4v) is 1.94. The van der Waals surface area contributed by atoms with Crippen molar-refractivity contribution in [1.82, 2.24) is 5.32 Å². The molecule has 0 aromatic heterocycles. The molecular formula is C12H16N2O3S. The highest BCUT2D eigenvalue weighted by atomic mass is 32.2. The molecule has 1 aromatic rings. The zero-order valence-electron chi connectivity index (χ0n) is 10.1. The molecule has 0 radical (unpaired) electrons. The van der Waals surface area contributed by atoms with Crippen molar-refractivity contribution in [3.8, 4) is 0 Å². The van der Waals surface area contributed by atoms with E-state index in [0.29, 0.717) is 0 Å². The van der Waals surface area contributed by atoms with E-state index in [-0.39, 0.29) is 6.54 Å². The molecule has 0 aliphatic carbocycles. The van der Waals surface area contributed by atoms with Gasteiger partial charge in [0.2, 0.25) is 5.91 Å². The third kappa shape index (κ3) is 4.38. The molecule has 1 amide bonds. The Kier molecular flexibility index (Phi) is 5.67. The summed E-state index contributed by atoms with van der Waals surface area (Å²) in [5.74, 6) is -1.01. The number of amides is 1. The van der Waals surface area contributed by atoms with E-state index in [4.69, 9.17) is 10.8 Å². The van der Waals surface area contributed by atoms with Gasteiger partial charge >= 0.3 is 5.97 Å². The first-order valence-electron chi connectivity index (χ1n) is 5.52. The van der Waals surface area contributed by atoms with E-state index >= 15 is 0 Å². The number of carbonyl (C=O) groups is 2. The predicted octanol–water partition coefficient (Wildman–Crippen LogP) is 0.827. The van der Waals surface area contributed by atoms with Gasteiger partial charge in [-0.05, 0) is 23.4 Å². The van der Waals surface area contributed by atoms with Gasteiger partial charge in [0.1, 0.15) is 0 Å². The first-order chi connectivity index (χ1) is 8.54. The summed E-state index contributed by atoms with van der Waals surface area (Å²) in [5, 5.41) is 11.0. The van der Waals surface area contributed by atoms with Crippen molar-refractivity contribution in [1.29, 1.82) is 0 Å². The van der Waals surface area contributed by atoms with Crippen LogP contribution in [0.25, 0.3) is 0 Å². The van der Waals surface area contributed by atoms with Gasteiger partial charge in [-0.25, -0.2) is 4.79 Å². The van der Waals surface area contributed by atoms with Crippen LogP contribution in [0.5, 0.6) is 0 Å². The van der Waals surface area contributed by atoms with Crippen LogP contribution in [-0.4, -0.2) is 28.8 Å². The van der Waals surface area contributed by atoms with Crippen LogP contribution in [0.2, 0.25) is 0 Å². The monoisotopic (exact) mass is 268 g/mol. The van der Waals surface area contributed by atoms with Crippen LogP contribution in [-0.2, 0) is 16.1 Å². The van der Waals surface area contributed by atoms with Crippen LogP contribution in [0.4, 0.5) is 0 Å². The molecule has 0 fully saturated rings. The number of thioether (sulfide) groups is 1. The van der Waals surface area contributed by atoms with Crippen molar-refractivity contribution in [3.05, 3.63) is 29.8 Å². The second-order valence-corrected chi connectivity index (χ2v) is 4.95. The number of aliphatic carboxylic acids is 1. The summed E-state index contributed by atoms with van der Waals surface area (Å²) in [6, 6.07) is 6.20. The minimum atomic E-state index is -1.51. The summed E-state index contributed by atoms with van der Waals surface area (Å²) in [6.45, 7) is 2.35. The number of hydrogen-bond donors (Lipinski definition) is 3. The maximum absolute atomic E-state index is 11.3. The number of rotatable bonds is 6. The average molecular weight is 268 g/mol. The Labute approximate surface area is 110 Å². The molecule has 1 aromatic carbocycles. The number of carbonyl (C=O) groups excluding carboxylic acids is 1. The SMILES string of the molecule is CCSc1ccc(CNC(=O)C(N)C(=O)O)cc1. The standard InChI is InChI=1S/C12H16N2O3S/c1-2-18-9-5-3-8(4-6-9)7-14-11(15)10(13)12(16)17/h3-6,10H,2,7,13H2,1H3,(H,14,15)(H,16,17). The molecule has 5 nitrogen and oxygen atoms in total. The number of hydrogen-bond acceptors (Lipinski definition) is 4. The first-order valence-corrected chi connectivity index (χ1v) is 6.51. The Hall–Kier alpha value is -1.53. The van der Waals surface area contributed by atoms with Gasteiger partial charge in [-0.3, -0.25) is 4.79 Å². The van der Waals surface area contributed by atoms with Crippen LogP contribution in [0.15, 0.2) is 29.2 Å². The molecule has 1 atom stereocenters. The zero-order chi connectivity index (χ0) is 13.5. The van der Waals surface area contributed by atoms with Gasteiger partial charge in [-0.2, -0.15) is 0 Å². The Morgan fingerprint density at radius 1 is 1.39 bits per heavy atom. The summed E-state index contributed by atoms with van der Waals surface area (Å²) < 4.78 is 0. The number of carboxylic acid groups (broad SMARTS) is 1. The number of nitrogens with two attached hydrogens (primary N) is 1. The third-order valence-corrected chi connectivity index (χ3v) is 3.14. The van der Waals surface area contributed by atoms with E-state index in [1.807, 2.05) is 24.3 Å². The van der Waals surface area contributed by atoms with Crippen LogP contribution >= 0.6 is 11.8 Å². The molecule has 0 aliphatic heterocycles. The molecule has 1 rings (SSSR count). The quantitative estimate of drug-likeness (QED) is 0.525. The Balaban J connectivity index is 2.48. The molecule has 98 valence electrons. The molecule has 0 saturated carbocycles. The summed E-state index contributed by atoms with van der Waals surface area (Å²) in [7, 11) is 0. The zero-order valence-corrected chi connectivity index (χ0v) is 10.9. The smallest absolute Gasteiger partial charge is 0.330 e. The number of benzene rings is 1. The highest BCUT2D eigenvalue weighted by molar-refractivity contribution is 7.99. The number of nitrogens with one attached hydrogen (secondary N) is 1. The van der Waals surface area contributed by atoms with Gasteiger partial charge in [0, 0.05) is 11.4 Å². The summed E-state index contributed by atoms with van der Waals surface area (Å²) in [4.78, 5) is 22.9. The summed E-state index contributed by atoms with van der Waals surface area (Å²) in [6.07, 6.45) is 0. The van der Waals surface area contributed by atoms with Crippen molar-refractivity contribution in [3.63, 3.8) is 0 Å². The van der Waals surface area contributed by atoms with Crippen LogP contribution in [0.3, 0.4) is 0 Å². The average Bonchev–Trinajstić information content (AvgIpc) is 2.37. The lowest BCUT2D eigenvalue weighted by molar-refractivity contribution is -0.142. The minimum absolute atomic E-state index is 0.275. The molecule has 1 unspecified atom stereocenters. The van der Waals surface area contributed by atoms with Crippen molar-refractivity contribution < 1.29 is 14.7 Å². The van der Waals surface area contributed by atoms with Gasteiger partial charge < -0.3 is 16.2 Å². The van der Waals surface area contributed by atoms with Gasteiger partial charge in [0.15, 0.2) is 6.04 Å². The molecular weight excluding hydrogens is 252 g/mol. The minimum Gasteiger partial charge on any atom is -0.480 e. The van der Waals surface area contributed by atoms with E-state index < -0.39 is 17.9 Å². The van der Waals surface area contributed by atoms with Crippen LogP contribution in [0.1, 0.15) is 12.5 Å². The normalized spacial score (nSPS) is 11.9. The lowest BCUT2D eigenvalue weighted by atomic mass is 10.2.